The number of benzene rings is 2. The van der Waals surface area contributed by atoms with Gasteiger partial charge >= 0.3 is 16.4 Å². The zero-order valence-corrected chi connectivity index (χ0v) is 20.4. The SMILES string of the molecule is CCCCOC(=O)O.NCC1CCN(CCN2c3ccccc3N(c3ccccc3)S2(=O)=O)C1. The quantitative estimate of drug-likeness (QED) is 0.428. The largest absolute Gasteiger partial charge is 0.505 e. The third-order valence-electron chi connectivity index (χ3n) is 5.92. The lowest BCUT2D eigenvalue weighted by Crippen LogP contribution is -2.40. The third-order valence-corrected chi connectivity index (χ3v) is 7.72. The van der Waals surface area contributed by atoms with E-state index in [2.05, 4.69) is 9.64 Å². The van der Waals surface area contributed by atoms with Crippen molar-refractivity contribution in [2.45, 2.75) is 26.2 Å². The van der Waals surface area contributed by atoms with E-state index in [9.17, 15) is 13.2 Å². The van der Waals surface area contributed by atoms with Crippen molar-refractivity contribution in [2.24, 2.45) is 11.7 Å². The number of fused-ring (bicyclic) bond motifs is 1. The van der Waals surface area contributed by atoms with Gasteiger partial charge in [0.25, 0.3) is 0 Å². The van der Waals surface area contributed by atoms with E-state index in [0.717, 1.165) is 38.0 Å². The van der Waals surface area contributed by atoms with Crippen molar-refractivity contribution in [3.05, 3.63) is 54.6 Å². The molecule has 0 saturated carbocycles. The normalized spacial score (nSPS) is 18.8. The van der Waals surface area contributed by atoms with Crippen molar-refractivity contribution in [1.82, 2.24) is 4.90 Å². The first kappa shape index (κ1) is 25.8. The van der Waals surface area contributed by atoms with Gasteiger partial charge in [-0.2, -0.15) is 8.42 Å². The second kappa shape index (κ2) is 12.0. The predicted molar refractivity (Wildman–Crippen MR) is 134 cm³/mol. The molecule has 10 heteroatoms. The van der Waals surface area contributed by atoms with E-state index in [0.29, 0.717) is 43.5 Å². The number of ether oxygens (including phenoxy) is 1. The number of carboxylic acid groups (broad SMARTS) is 1. The second-order valence-corrected chi connectivity index (χ2v) is 10.0. The summed E-state index contributed by atoms with van der Waals surface area (Å²) in [5.74, 6) is 0.526. The topological polar surface area (TPSA) is 116 Å². The van der Waals surface area contributed by atoms with E-state index in [1.807, 2.05) is 61.5 Å². The number of rotatable bonds is 8. The van der Waals surface area contributed by atoms with Gasteiger partial charge < -0.3 is 20.5 Å². The minimum Gasteiger partial charge on any atom is -0.450 e. The minimum absolute atomic E-state index is 0.325. The Hall–Kier alpha value is -2.82. The van der Waals surface area contributed by atoms with Crippen LogP contribution >= 0.6 is 0 Å². The maximum Gasteiger partial charge on any atom is 0.505 e. The van der Waals surface area contributed by atoms with Crippen molar-refractivity contribution in [3.63, 3.8) is 0 Å². The summed E-state index contributed by atoms with van der Waals surface area (Å²) in [6, 6.07) is 16.7. The van der Waals surface area contributed by atoms with Crippen LogP contribution in [0, 0.1) is 5.92 Å². The Labute approximate surface area is 201 Å². The molecule has 186 valence electrons. The van der Waals surface area contributed by atoms with Gasteiger partial charge in [-0.25, -0.2) is 13.4 Å². The van der Waals surface area contributed by atoms with E-state index in [1.54, 1.807) is 0 Å². The van der Waals surface area contributed by atoms with E-state index < -0.39 is 16.4 Å². The average Bonchev–Trinajstić information content (AvgIpc) is 3.37. The zero-order valence-electron chi connectivity index (χ0n) is 19.5. The van der Waals surface area contributed by atoms with E-state index in [4.69, 9.17) is 10.8 Å². The van der Waals surface area contributed by atoms with Gasteiger partial charge in [-0.1, -0.05) is 43.7 Å². The molecule has 0 bridgehead atoms. The molecule has 1 fully saturated rings. The lowest BCUT2D eigenvalue weighted by Gasteiger charge is -2.24. The zero-order chi connectivity index (χ0) is 24.6. The molecular formula is C24H34N4O5S. The molecule has 0 radical (unpaired) electrons. The Morgan fingerprint density at radius 2 is 1.76 bits per heavy atom. The first-order valence-electron chi connectivity index (χ1n) is 11.6. The summed E-state index contributed by atoms with van der Waals surface area (Å²) in [5, 5.41) is 7.92. The number of nitrogens with zero attached hydrogens (tertiary/aromatic N) is 3. The van der Waals surface area contributed by atoms with Crippen molar-refractivity contribution in [1.29, 1.82) is 0 Å². The van der Waals surface area contributed by atoms with Gasteiger partial charge in [-0.3, -0.25) is 0 Å². The standard InChI is InChI=1S/C19H24N4O2S.C5H10O3/c20-14-16-10-11-21(15-16)12-13-22-18-8-4-5-9-19(18)23(26(22,24)25)17-6-2-1-3-7-17;1-2-3-4-8-5(6)7/h1-9,16H,10-15,20H2;2-4H2,1H3,(H,6,7). The highest BCUT2D eigenvalue weighted by Crippen LogP contribution is 2.44. The summed E-state index contributed by atoms with van der Waals surface area (Å²) in [6.45, 7) is 6.10. The molecule has 0 amide bonds. The maximum atomic E-state index is 13.3. The highest BCUT2D eigenvalue weighted by atomic mass is 32.2. The maximum absolute atomic E-state index is 13.3. The van der Waals surface area contributed by atoms with Crippen molar-refractivity contribution in [2.75, 3.05) is 47.9 Å². The minimum atomic E-state index is -3.64. The van der Waals surface area contributed by atoms with Gasteiger partial charge in [-0.05, 0) is 56.1 Å². The number of carbonyl (C=O) groups is 1. The van der Waals surface area contributed by atoms with Crippen LogP contribution in [0.2, 0.25) is 0 Å². The first-order valence-corrected chi connectivity index (χ1v) is 13.0. The highest BCUT2D eigenvalue weighted by Gasteiger charge is 2.41. The van der Waals surface area contributed by atoms with Crippen LogP contribution in [0.15, 0.2) is 54.6 Å². The van der Waals surface area contributed by atoms with Gasteiger partial charge in [0.2, 0.25) is 0 Å². The molecule has 2 aliphatic heterocycles. The van der Waals surface area contributed by atoms with Crippen LogP contribution in [0.5, 0.6) is 0 Å². The number of hydrogen-bond acceptors (Lipinski definition) is 6. The van der Waals surface area contributed by atoms with Crippen LogP contribution in [-0.2, 0) is 14.9 Å². The van der Waals surface area contributed by atoms with E-state index in [1.165, 1.54) is 8.61 Å². The summed E-state index contributed by atoms with van der Waals surface area (Å²) >= 11 is 0. The lowest BCUT2D eigenvalue weighted by molar-refractivity contribution is 0.0905. The van der Waals surface area contributed by atoms with Crippen molar-refractivity contribution < 1.29 is 23.1 Å². The van der Waals surface area contributed by atoms with Gasteiger partial charge in [0.05, 0.1) is 23.7 Å². The molecule has 0 spiro atoms. The third kappa shape index (κ3) is 6.19. The number of hydrogen-bond donors (Lipinski definition) is 2. The number of nitrogens with two attached hydrogens (primary N) is 1. The number of anilines is 3. The second-order valence-electron chi connectivity index (χ2n) is 8.33. The fraction of sp³-hybridized carbons (Fsp3) is 0.458. The van der Waals surface area contributed by atoms with E-state index in [-0.39, 0.29) is 0 Å². The molecule has 3 N–H and O–H groups in total. The molecule has 2 aromatic carbocycles. The fourth-order valence-electron chi connectivity index (χ4n) is 4.11. The Morgan fingerprint density at radius 3 is 2.38 bits per heavy atom. The van der Waals surface area contributed by atoms with Crippen molar-refractivity contribution in [3.8, 4) is 0 Å². The summed E-state index contributed by atoms with van der Waals surface area (Å²) < 4.78 is 33.7. The highest BCUT2D eigenvalue weighted by molar-refractivity contribution is 7.95. The van der Waals surface area contributed by atoms with Crippen LogP contribution in [0.3, 0.4) is 0 Å². The van der Waals surface area contributed by atoms with Crippen LogP contribution in [0.4, 0.5) is 21.9 Å². The lowest BCUT2D eigenvalue weighted by atomic mass is 10.1. The summed E-state index contributed by atoms with van der Waals surface area (Å²) in [5.41, 5.74) is 7.87. The van der Waals surface area contributed by atoms with Crippen LogP contribution in [0.1, 0.15) is 26.2 Å². The molecule has 2 aromatic rings. The van der Waals surface area contributed by atoms with Gasteiger partial charge in [0, 0.05) is 19.6 Å². The molecule has 1 saturated heterocycles. The van der Waals surface area contributed by atoms with Gasteiger partial charge in [0.1, 0.15) is 0 Å². The summed E-state index contributed by atoms with van der Waals surface area (Å²) in [7, 11) is -3.64. The Morgan fingerprint density at radius 1 is 1.09 bits per heavy atom. The summed E-state index contributed by atoms with van der Waals surface area (Å²) in [6.07, 6.45) is 1.69. The molecule has 34 heavy (non-hydrogen) atoms. The Bertz CT molecular complexity index is 1030. The monoisotopic (exact) mass is 490 g/mol. The van der Waals surface area contributed by atoms with Crippen molar-refractivity contribution >= 4 is 33.4 Å². The van der Waals surface area contributed by atoms with E-state index >= 15 is 0 Å². The molecular weight excluding hydrogens is 456 g/mol. The smallest absolute Gasteiger partial charge is 0.450 e. The summed E-state index contributed by atoms with van der Waals surface area (Å²) in [4.78, 5) is 12.0. The number of para-hydroxylation sites is 3. The van der Waals surface area contributed by atoms with Crippen LogP contribution in [0.25, 0.3) is 0 Å². The average molecular weight is 491 g/mol. The fourth-order valence-corrected chi connectivity index (χ4v) is 5.81. The molecule has 2 heterocycles. The molecule has 0 aromatic heterocycles. The Balaban J connectivity index is 0.000000350. The predicted octanol–water partition coefficient (Wildman–Crippen LogP) is 3.65. The molecule has 1 unspecified atom stereocenters. The van der Waals surface area contributed by atoms with Gasteiger partial charge in [-0.15, -0.1) is 0 Å². The Kier molecular flexibility index (Phi) is 9.14. The molecule has 0 aliphatic carbocycles. The first-order chi connectivity index (χ1) is 16.4. The van der Waals surface area contributed by atoms with Crippen LogP contribution < -0.4 is 14.3 Å². The number of unbranched alkanes of at least 4 members (excludes halogenated alkanes) is 1. The molecule has 9 nitrogen and oxygen atoms in total. The molecule has 1 atom stereocenters. The number of likely N-dealkylation sites (tertiary alicyclic amines) is 1. The molecule has 2 aliphatic rings. The molecule has 4 rings (SSSR count). The van der Waals surface area contributed by atoms with Gasteiger partial charge in [0.15, 0.2) is 0 Å². The van der Waals surface area contributed by atoms with Crippen LogP contribution in [-0.4, -0.2) is 63.9 Å².